The van der Waals surface area contributed by atoms with Crippen molar-refractivity contribution in [3.8, 4) is 0 Å². The number of hydrogen-bond acceptors (Lipinski definition) is 4. The second-order valence-corrected chi connectivity index (χ2v) is 3.72. The third kappa shape index (κ3) is 2.83. The third-order valence-corrected chi connectivity index (χ3v) is 2.28. The van der Waals surface area contributed by atoms with Crippen LogP contribution in [0.5, 0.6) is 0 Å². The molecule has 2 heterocycles. The SMILES string of the molecule is NCc1ccc(C(=O)Nc2ccc(Cl)cn2)o1. The summed E-state index contributed by atoms with van der Waals surface area (Å²) in [5, 5.41) is 3.09. The van der Waals surface area contributed by atoms with E-state index in [1.165, 1.54) is 6.20 Å². The van der Waals surface area contributed by atoms with E-state index in [1.807, 2.05) is 0 Å². The van der Waals surface area contributed by atoms with Crippen molar-refractivity contribution in [3.05, 3.63) is 47.0 Å². The van der Waals surface area contributed by atoms with Crippen LogP contribution >= 0.6 is 11.6 Å². The summed E-state index contributed by atoms with van der Waals surface area (Å²) in [6, 6.07) is 6.46. The molecule has 1 amide bonds. The topological polar surface area (TPSA) is 81.2 Å². The molecule has 3 N–H and O–H groups in total. The van der Waals surface area contributed by atoms with E-state index in [1.54, 1.807) is 24.3 Å². The van der Waals surface area contributed by atoms with Crippen LogP contribution in [-0.4, -0.2) is 10.9 Å². The minimum atomic E-state index is -0.375. The third-order valence-electron chi connectivity index (χ3n) is 2.06. The minimum Gasteiger partial charge on any atom is -0.455 e. The van der Waals surface area contributed by atoms with Gasteiger partial charge in [0.2, 0.25) is 0 Å². The lowest BCUT2D eigenvalue weighted by molar-refractivity contribution is 0.0994. The maximum Gasteiger partial charge on any atom is 0.292 e. The Hall–Kier alpha value is -1.85. The van der Waals surface area contributed by atoms with Gasteiger partial charge in [0.1, 0.15) is 11.6 Å². The van der Waals surface area contributed by atoms with Gasteiger partial charge in [-0.1, -0.05) is 11.6 Å². The van der Waals surface area contributed by atoms with Gasteiger partial charge in [0, 0.05) is 6.20 Å². The van der Waals surface area contributed by atoms with Crippen LogP contribution in [-0.2, 0) is 6.54 Å². The number of rotatable bonds is 3. The van der Waals surface area contributed by atoms with Gasteiger partial charge in [-0.3, -0.25) is 4.79 Å². The van der Waals surface area contributed by atoms with Crippen molar-refractivity contribution in [2.45, 2.75) is 6.54 Å². The molecule has 0 unspecified atom stereocenters. The smallest absolute Gasteiger partial charge is 0.292 e. The van der Waals surface area contributed by atoms with Crippen molar-refractivity contribution in [3.63, 3.8) is 0 Å². The van der Waals surface area contributed by atoms with Gasteiger partial charge in [0.25, 0.3) is 5.91 Å². The van der Waals surface area contributed by atoms with E-state index < -0.39 is 0 Å². The van der Waals surface area contributed by atoms with Gasteiger partial charge in [0.05, 0.1) is 11.6 Å². The van der Waals surface area contributed by atoms with E-state index in [4.69, 9.17) is 21.8 Å². The molecule has 2 rings (SSSR count). The van der Waals surface area contributed by atoms with Gasteiger partial charge < -0.3 is 15.5 Å². The number of halogens is 1. The van der Waals surface area contributed by atoms with E-state index in [9.17, 15) is 4.79 Å². The van der Waals surface area contributed by atoms with Crippen LogP contribution in [0.1, 0.15) is 16.3 Å². The molecule has 0 aromatic carbocycles. The summed E-state index contributed by atoms with van der Waals surface area (Å²) in [5.74, 6) is 0.783. The molecule has 0 bridgehead atoms. The van der Waals surface area contributed by atoms with E-state index in [0.29, 0.717) is 16.6 Å². The molecule has 17 heavy (non-hydrogen) atoms. The monoisotopic (exact) mass is 251 g/mol. The first-order chi connectivity index (χ1) is 8.19. The highest BCUT2D eigenvalue weighted by atomic mass is 35.5. The maximum absolute atomic E-state index is 11.7. The van der Waals surface area contributed by atoms with Crippen LogP contribution in [0.2, 0.25) is 5.02 Å². The summed E-state index contributed by atoms with van der Waals surface area (Å²) >= 11 is 5.68. The Bertz CT molecular complexity index is 522. The quantitative estimate of drug-likeness (QED) is 0.875. The van der Waals surface area contributed by atoms with Crippen molar-refractivity contribution >= 4 is 23.3 Å². The van der Waals surface area contributed by atoms with Crippen LogP contribution in [0.4, 0.5) is 5.82 Å². The highest BCUT2D eigenvalue weighted by Gasteiger charge is 2.11. The molecule has 0 saturated heterocycles. The minimum absolute atomic E-state index is 0.196. The fourth-order valence-corrected chi connectivity index (χ4v) is 1.35. The number of carbonyl (C=O) groups excluding carboxylic acids is 1. The number of amides is 1. The largest absolute Gasteiger partial charge is 0.455 e. The van der Waals surface area contributed by atoms with Gasteiger partial charge in [-0.15, -0.1) is 0 Å². The number of aromatic nitrogens is 1. The second kappa shape index (κ2) is 4.99. The molecule has 2 aromatic heterocycles. The van der Waals surface area contributed by atoms with E-state index in [-0.39, 0.29) is 18.2 Å². The number of hydrogen-bond donors (Lipinski definition) is 2. The molecule has 0 saturated carbocycles. The Balaban J connectivity index is 2.08. The molecule has 0 aliphatic rings. The van der Waals surface area contributed by atoms with Crippen molar-refractivity contribution in [1.29, 1.82) is 0 Å². The number of carbonyl (C=O) groups is 1. The summed E-state index contributed by atoms with van der Waals surface area (Å²) < 4.78 is 5.20. The summed E-state index contributed by atoms with van der Waals surface area (Å²) in [6.07, 6.45) is 1.45. The number of nitrogens with zero attached hydrogens (tertiary/aromatic N) is 1. The molecular formula is C11H10ClN3O2. The molecule has 0 radical (unpaired) electrons. The lowest BCUT2D eigenvalue weighted by atomic mass is 10.4. The van der Waals surface area contributed by atoms with Crippen LogP contribution in [0.15, 0.2) is 34.9 Å². The van der Waals surface area contributed by atoms with Crippen LogP contribution < -0.4 is 11.1 Å². The normalized spacial score (nSPS) is 10.2. The lowest BCUT2D eigenvalue weighted by Crippen LogP contribution is -2.11. The fourth-order valence-electron chi connectivity index (χ4n) is 1.24. The van der Waals surface area contributed by atoms with Crippen LogP contribution in [0.25, 0.3) is 0 Å². The molecule has 6 heteroatoms. The number of anilines is 1. The molecule has 0 aliphatic carbocycles. The Labute approximate surface area is 103 Å². The predicted molar refractivity (Wildman–Crippen MR) is 63.8 cm³/mol. The standard InChI is InChI=1S/C11H10ClN3O2/c12-7-1-4-10(14-6-7)15-11(16)9-3-2-8(5-13)17-9/h1-4,6H,5,13H2,(H,14,15,16). The zero-order chi connectivity index (χ0) is 12.3. The molecule has 0 fully saturated rings. The maximum atomic E-state index is 11.7. The number of furan rings is 1. The molecule has 2 aromatic rings. The highest BCUT2D eigenvalue weighted by Crippen LogP contribution is 2.12. The summed E-state index contributed by atoms with van der Waals surface area (Å²) in [6.45, 7) is 0.256. The zero-order valence-corrected chi connectivity index (χ0v) is 9.57. The number of nitrogens with two attached hydrogens (primary N) is 1. The van der Waals surface area contributed by atoms with Gasteiger partial charge >= 0.3 is 0 Å². The van der Waals surface area contributed by atoms with E-state index in [0.717, 1.165) is 0 Å². The van der Waals surface area contributed by atoms with Gasteiger partial charge in [-0.2, -0.15) is 0 Å². The van der Waals surface area contributed by atoms with Gasteiger partial charge in [0.15, 0.2) is 5.76 Å². The first-order valence-electron chi connectivity index (χ1n) is 4.91. The Morgan fingerprint density at radius 2 is 2.24 bits per heavy atom. The molecule has 0 spiro atoms. The average Bonchev–Trinajstić information content (AvgIpc) is 2.81. The fraction of sp³-hybridized carbons (Fsp3) is 0.0909. The average molecular weight is 252 g/mol. The highest BCUT2D eigenvalue weighted by molar-refractivity contribution is 6.30. The van der Waals surface area contributed by atoms with Gasteiger partial charge in [-0.25, -0.2) is 4.98 Å². The summed E-state index contributed by atoms with van der Waals surface area (Å²) in [5.41, 5.74) is 5.38. The molecule has 5 nitrogen and oxygen atoms in total. The number of nitrogens with one attached hydrogen (secondary N) is 1. The Morgan fingerprint density at radius 3 is 2.82 bits per heavy atom. The molecular weight excluding hydrogens is 242 g/mol. The van der Waals surface area contributed by atoms with E-state index >= 15 is 0 Å². The molecule has 88 valence electrons. The molecule has 0 aliphatic heterocycles. The van der Waals surface area contributed by atoms with Crippen molar-refractivity contribution in [2.24, 2.45) is 5.73 Å². The van der Waals surface area contributed by atoms with Crippen LogP contribution in [0, 0.1) is 0 Å². The lowest BCUT2D eigenvalue weighted by Gasteiger charge is -2.01. The Morgan fingerprint density at radius 1 is 1.41 bits per heavy atom. The summed E-state index contributed by atoms with van der Waals surface area (Å²) in [7, 11) is 0. The number of pyridine rings is 1. The van der Waals surface area contributed by atoms with Crippen molar-refractivity contribution in [1.82, 2.24) is 4.98 Å². The van der Waals surface area contributed by atoms with Crippen molar-refractivity contribution in [2.75, 3.05) is 5.32 Å². The second-order valence-electron chi connectivity index (χ2n) is 3.29. The first-order valence-corrected chi connectivity index (χ1v) is 5.28. The van der Waals surface area contributed by atoms with E-state index in [2.05, 4.69) is 10.3 Å². The Kier molecular flexibility index (Phi) is 3.41. The summed E-state index contributed by atoms with van der Waals surface area (Å²) in [4.78, 5) is 15.7. The molecule has 0 atom stereocenters. The van der Waals surface area contributed by atoms with Crippen molar-refractivity contribution < 1.29 is 9.21 Å². The van der Waals surface area contributed by atoms with Crippen LogP contribution in [0.3, 0.4) is 0 Å². The van der Waals surface area contributed by atoms with Gasteiger partial charge in [-0.05, 0) is 24.3 Å². The zero-order valence-electron chi connectivity index (χ0n) is 8.81. The predicted octanol–water partition coefficient (Wildman–Crippen LogP) is 2.04. The first kappa shape index (κ1) is 11.6.